The molecule has 0 rings (SSSR count). The molecule has 1 amide bonds. The van der Waals surface area contributed by atoms with Gasteiger partial charge in [-0.2, -0.15) is 0 Å². The topological polar surface area (TPSA) is 169 Å². The van der Waals surface area contributed by atoms with Crippen molar-refractivity contribution in [2.45, 2.75) is 199 Å². The lowest BCUT2D eigenvalue weighted by Crippen LogP contribution is -2.43. The van der Waals surface area contributed by atoms with Crippen molar-refractivity contribution in [1.29, 1.82) is 0 Å². The molecule has 0 saturated heterocycles. The molecule has 0 fully saturated rings. The number of esters is 1. The summed E-state index contributed by atoms with van der Waals surface area (Å²) in [5.74, 6) is -2.39. The number of aliphatic hydroxyl groups is 1. The van der Waals surface area contributed by atoms with Gasteiger partial charge in [-0.25, -0.2) is 9.36 Å². The molecule has 0 bridgehead atoms. The zero-order valence-corrected chi connectivity index (χ0v) is 34.2. The first-order valence-electron chi connectivity index (χ1n) is 20.9. The summed E-state index contributed by atoms with van der Waals surface area (Å²) >= 11 is 0. The zero-order chi connectivity index (χ0) is 39.3. The van der Waals surface area contributed by atoms with Crippen LogP contribution in [0.2, 0.25) is 0 Å². The molecule has 11 nitrogen and oxygen atoms in total. The smallest absolute Gasteiger partial charge is 0.472 e. The Hall–Kier alpha value is -2.04. The Labute approximate surface area is 321 Å². The van der Waals surface area contributed by atoms with Crippen molar-refractivity contribution in [2.75, 3.05) is 19.8 Å². The molecule has 0 aliphatic rings. The summed E-state index contributed by atoms with van der Waals surface area (Å²) in [4.78, 5) is 45.8. The predicted molar refractivity (Wildman–Crippen MR) is 213 cm³/mol. The molecule has 0 saturated carbocycles. The number of carbonyl (C=O) groups excluding carboxylic acids is 2. The lowest BCUT2D eigenvalue weighted by Gasteiger charge is -2.18. The molecule has 0 aromatic rings. The summed E-state index contributed by atoms with van der Waals surface area (Å²) in [7, 11) is -4.75. The van der Waals surface area contributed by atoms with E-state index in [1.54, 1.807) is 0 Å². The summed E-state index contributed by atoms with van der Waals surface area (Å²) in [6.07, 6.45) is 36.3. The Balaban J connectivity index is 3.93. The number of allylic oxidation sites excluding steroid dienone is 4. The first kappa shape index (κ1) is 51.0. The number of hydrogen-bond acceptors (Lipinski definition) is 8. The van der Waals surface area contributed by atoms with Crippen molar-refractivity contribution in [2.24, 2.45) is 0 Å². The number of carbonyl (C=O) groups is 3. The summed E-state index contributed by atoms with van der Waals surface area (Å²) in [6, 6.07) is -1.55. The summed E-state index contributed by atoms with van der Waals surface area (Å²) < 4.78 is 26.7. The van der Waals surface area contributed by atoms with Crippen LogP contribution in [0.25, 0.3) is 0 Å². The molecule has 4 N–H and O–H groups in total. The van der Waals surface area contributed by atoms with Gasteiger partial charge in [-0.05, 0) is 57.8 Å². The number of phosphoric ester groups is 1. The van der Waals surface area contributed by atoms with Gasteiger partial charge < -0.3 is 25.2 Å². The van der Waals surface area contributed by atoms with Crippen LogP contribution >= 0.6 is 7.82 Å². The van der Waals surface area contributed by atoms with Crippen LogP contribution in [0.1, 0.15) is 187 Å². The van der Waals surface area contributed by atoms with E-state index in [0.29, 0.717) is 12.8 Å². The molecule has 0 aliphatic heterocycles. The molecule has 0 radical (unpaired) electrons. The Morgan fingerprint density at radius 3 is 1.49 bits per heavy atom. The number of aliphatic hydroxyl groups excluding tert-OH is 1. The van der Waals surface area contributed by atoms with Crippen LogP contribution in [0.5, 0.6) is 0 Å². The van der Waals surface area contributed by atoms with Crippen molar-refractivity contribution >= 4 is 25.7 Å². The molecular formula is C41H76NO10P. The fraction of sp³-hybridized carbons (Fsp3) is 0.829. The van der Waals surface area contributed by atoms with Crippen molar-refractivity contribution in [3.05, 3.63) is 24.3 Å². The third-order valence-electron chi connectivity index (χ3n) is 8.96. The molecule has 0 heterocycles. The number of aliphatic carboxylic acids is 1. The molecule has 3 atom stereocenters. The second-order valence-corrected chi connectivity index (χ2v) is 15.6. The standard InChI is InChI=1S/C41H76NO10P/c1-3-5-7-9-11-13-15-16-17-18-19-20-21-23-24-26-28-30-32-39(44)42-38(41(46)47)36-52-53(48,49)51-35-37(43)34-50-40(45)33-31-29-27-25-22-14-12-10-8-6-4-2/h10,12,17-18,37-38,43H,3-9,11,13-16,19-36H2,1-2H3,(H,42,44)(H,46,47)(H,48,49)/b12-10-,18-17-. The van der Waals surface area contributed by atoms with E-state index in [1.165, 1.54) is 77.0 Å². The molecule has 12 heteroatoms. The van der Waals surface area contributed by atoms with E-state index in [9.17, 15) is 34.1 Å². The van der Waals surface area contributed by atoms with E-state index < -0.39 is 57.6 Å². The molecule has 0 spiro atoms. The van der Waals surface area contributed by atoms with Gasteiger partial charge >= 0.3 is 19.8 Å². The zero-order valence-electron chi connectivity index (χ0n) is 33.3. The van der Waals surface area contributed by atoms with E-state index in [2.05, 4.69) is 43.5 Å². The minimum Gasteiger partial charge on any atom is -0.480 e. The van der Waals surface area contributed by atoms with Gasteiger partial charge in [-0.15, -0.1) is 0 Å². The molecule has 0 aromatic heterocycles. The van der Waals surface area contributed by atoms with Gasteiger partial charge in [0.1, 0.15) is 12.7 Å². The van der Waals surface area contributed by atoms with E-state index in [1.807, 2.05) is 0 Å². The number of phosphoric acid groups is 1. The van der Waals surface area contributed by atoms with Crippen LogP contribution in [-0.4, -0.2) is 64.9 Å². The van der Waals surface area contributed by atoms with Gasteiger partial charge in [0.05, 0.1) is 13.2 Å². The fourth-order valence-corrected chi connectivity index (χ4v) is 6.42. The van der Waals surface area contributed by atoms with Crippen molar-refractivity contribution in [1.82, 2.24) is 5.32 Å². The number of unbranched alkanes of at least 4 members (excludes halogenated alkanes) is 21. The van der Waals surface area contributed by atoms with Crippen LogP contribution in [0, 0.1) is 0 Å². The number of amides is 1. The number of carboxylic acid groups (broad SMARTS) is 1. The van der Waals surface area contributed by atoms with Gasteiger partial charge in [0.25, 0.3) is 0 Å². The average molecular weight is 774 g/mol. The maximum atomic E-state index is 12.3. The van der Waals surface area contributed by atoms with Crippen LogP contribution in [0.15, 0.2) is 24.3 Å². The lowest BCUT2D eigenvalue weighted by atomic mass is 10.1. The van der Waals surface area contributed by atoms with E-state index in [-0.39, 0.29) is 12.8 Å². The fourth-order valence-electron chi connectivity index (χ4n) is 5.64. The SMILES string of the molecule is CCCC/C=C\CCCCCCCC(=O)OCC(O)COP(=O)(O)OCC(NC(=O)CCCCCCCCC/C=C\CCCCCCCCC)C(=O)O. The van der Waals surface area contributed by atoms with Gasteiger partial charge in [0, 0.05) is 12.8 Å². The number of ether oxygens (including phenoxy) is 1. The van der Waals surface area contributed by atoms with Crippen molar-refractivity contribution in [3.8, 4) is 0 Å². The second-order valence-electron chi connectivity index (χ2n) is 14.2. The molecule has 53 heavy (non-hydrogen) atoms. The first-order valence-corrected chi connectivity index (χ1v) is 22.4. The highest BCUT2D eigenvalue weighted by Gasteiger charge is 2.28. The van der Waals surface area contributed by atoms with Crippen LogP contribution < -0.4 is 5.32 Å². The highest BCUT2D eigenvalue weighted by atomic mass is 31.2. The van der Waals surface area contributed by atoms with Crippen LogP contribution in [-0.2, 0) is 32.7 Å². The second kappa shape index (κ2) is 36.9. The Kier molecular flexibility index (Phi) is 35.5. The summed E-state index contributed by atoms with van der Waals surface area (Å²) in [5, 5.41) is 21.8. The number of carboxylic acids is 1. The van der Waals surface area contributed by atoms with Gasteiger partial charge in [-0.3, -0.25) is 18.6 Å². The van der Waals surface area contributed by atoms with Crippen molar-refractivity contribution in [3.63, 3.8) is 0 Å². The Morgan fingerprint density at radius 1 is 0.585 bits per heavy atom. The minimum atomic E-state index is -4.75. The van der Waals surface area contributed by atoms with Crippen LogP contribution in [0.3, 0.4) is 0 Å². The summed E-state index contributed by atoms with van der Waals surface area (Å²) in [6.45, 7) is 2.53. The number of hydrogen-bond donors (Lipinski definition) is 4. The Bertz CT molecular complexity index is 1010. The van der Waals surface area contributed by atoms with E-state index in [4.69, 9.17) is 13.8 Å². The third kappa shape index (κ3) is 36.7. The van der Waals surface area contributed by atoms with Crippen molar-refractivity contribution < 1.29 is 47.8 Å². The molecule has 3 unspecified atom stereocenters. The quantitative estimate of drug-likeness (QED) is 0.0204. The van der Waals surface area contributed by atoms with Gasteiger partial charge in [0.2, 0.25) is 5.91 Å². The maximum Gasteiger partial charge on any atom is 0.472 e. The summed E-state index contributed by atoms with van der Waals surface area (Å²) in [5.41, 5.74) is 0. The highest BCUT2D eigenvalue weighted by Crippen LogP contribution is 2.43. The van der Waals surface area contributed by atoms with E-state index in [0.717, 1.165) is 70.6 Å². The highest BCUT2D eigenvalue weighted by molar-refractivity contribution is 7.47. The minimum absolute atomic E-state index is 0.141. The first-order chi connectivity index (χ1) is 25.6. The molecular weight excluding hydrogens is 697 g/mol. The Morgan fingerprint density at radius 2 is 1.00 bits per heavy atom. The number of nitrogens with one attached hydrogen (secondary N) is 1. The largest absolute Gasteiger partial charge is 0.480 e. The lowest BCUT2D eigenvalue weighted by molar-refractivity contribution is -0.147. The maximum absolute atomic E-state index is 12.3. The third-order valence-corrected chi connectivity index (χ3v) is 9.91. The normalized spacial score (nSPS) is 14.0. The van der Waals surface area contributed by atoms with Crippen LogP contribution in [0.4, 0.5) is 0 Å². The number of rotatable bonds is 39. The molecule has 310 valence electrons. The van der Waals surface area contributed by atoms with Gasteiger partial charge in [-0.1, -0.05) is 141 Å². The predicted octanol–water partition coefficient (Wildman–Crippen LogP) is 10.3. The average Bonchev–Trinajstić information content (AvgIpc) is 3.13. The monoisotopic (exact) mass is 774 g/mol. The molecule has 0 aliphatic carbocycles. The van der Waals surface area contributed by atoms with Gasteiger partial charge in [0.15, 0.2) is 6.04 Å². The van der Waals surface area contributed by atoms with E-state index >= 15 is 0 Å². The molecule has 0 aromatic carbocycles.